The normalized spacial score (nSPS) is 10.5. The number of aliphatic hydroxyl groups is 1. The van der Waals surface area contributed by atoms with E-state index >= 15 is 0 Å². The van der Waals surface area contributed by atoms with Gasteiger partial charge in [0.2, 0.25) is 0 Å². The lowest BCUT2D eigenvalue weighted by molar-refractivity contribution is 0.270. The number of hydrogen-bond acceptors (Lipinski definition) is 3. The average molecular weight is 178 g/mol. The van der Waals surface area contributed by atoms with Crippen molar-refractivity contribution in [3.05, 3.63) is 42.4 Å². The Morgan fingerprint density at radius 2 is 2.46 bits per heavy atom. The molecule has 2 aromatic rings. The molecule has 0 aliphatic carbocycles. The van der Waals surface area contributed by atoms with Crippen LogP contribution in [0.2, 0.25) is 0 Å². The second-order valence-corrected chi connectivity index (χ2v) is 2.75. The number of hydrogen-bond donors (Lipinski definition) is 1. The van der Waals surface area contributed by atoms with Crippen LogP contribution < -0.4 is 0 Å². The second kappa shape index (κ2) is 3.45. The van der Waals surface area contributed by atoms with Crippen LogP contribution >= 0.6 is 0 Å². The molecule has 2 aromatic heterocycles. The topological polar surface area (TPSA) is 51.2 Å². The van der Waals surface area contributed by atoms with Crippen molar-refractivity contribution in [3.63, 3.8) is 0 Å². The molecule has 0 aromatic carbocycles. The van der Waals surface area contributed by atoms with E-state index in [0.29, 0.717) is 6.54 Å². The van der Waals surface area contributed by atoms with Crippen LogP contribution in [0.5, 0.6) is 0 Å². The summed E-state index contributed by atoms with van der Waals surface area (Å²) < 4.78 is 7.02. The third kappa shape index (κ3) is 1.62. The van der Waals surface area contributed by atoms with Crippen LogP contribution in [-0.2, 0) is 13.2 Å². The predicted octanol–water partition coefficient (Wildman–Crippen LogP) is 1.02. The van der Waals surface area contributed by atoms with Gasteiger partial charge in [0.15, 0.2) is 0 Å². The highest BCUT2D eigenvalue weighted by molar-refractivity contribution is 5.03. The fourth-order valence-corrected chi connectivity index (χ4v) is 1.19. The number of aliphatic hydroxyl groups excluding tert-OH is 1. The maximum atomic E-state index is 8.94. The summed E-state index contributed by atoms with van der Waals surface area (Å²) in [5, 5.41) is 8.94. The lowest BCUT2D eigenvalue weighted by atomic mass is 10.4. The minimum Gasteiger partial charge on any atom is -0.467 e. The summed E-state index contributed by atoms with van der Waals surface area (Å²) in [6.45, 7) is 0.615. The molecule has 0 saturated heterocycles. The summed E-state index contributed by atoms with van der Waals surface area (Å²) in [5.74, 6) is 0.854. The van der Waals surface area contributed by atoms with Gasteiger partial charge in [-0.15, -0.1) is 0 Å². The number of imidazole rings is 1. The molecular weight excluding hydrogens is 168 g/mol. The van der Waals surface area contributed by atoms with E-state index in [-0.39, 0.29) is 6.61 Å². The fourth-order valence-electron chi connectivity index (χ4n) is 1.19. The highest BCUT2D eigenvalue weighted by Crippen LogP contribution is 2.06. The first kappa shape index (κ1) is 8.07. The second-order valence-electron chi connectivity index (χ2n) is 2.75. The minimum absolute atomic E-state index is 0.000703. The van der Waals surface area contributed by atoms with Gasteiger partial charge in [-0.2, -0.15) is 0 Å². The highest BCUT2D eigenvalue weighted by atomic mass is 16.3. The Hall–Kier alpha value is -1.55. The maximum Gasteiger partial charge on any atom is 0.123 e. The zero-order valence-corrected chi connectivity index (χ0v) is 7.05. The van der Waals surface area contributed by atoms with Crippen LogP contribution in [0.25, 0.3) is 0 Å². The van der Waals surface area contributed by atoms with E-state index in [1.54, 1.807) is 18.8 Å². The molecule has 0 radical (unpaired) electrons. The number of rotatable bonds is 3. The van der Waals surface area contributed by atoms with E-state index in [0.717, 1.165) is 11.5 Å². The molecule has 0 bridgehead atoms. The van der Waals surface area contributed by atoms with Crippen LogP contribution in [0.15, 0.2) is 35.3 Å². The van der Waals surface area contributed by atoms with Crippen LogP contribution in [0.3, 0.4) is 0 Å². The van der Waals surface area contributed by atoms with Crippen molar-refractivity contribution in [1.82, 2.24) is 9.55 Å². The standard InChI is InChI=1S/C9H10N2O2/c12-6-8-4-10-7-11(8)5-9-2-1-3-13-9/h1-4,7,12H,5-6H2. The zero-order chi connectivity index (χ0) is 9.10. The van der Waals surface area contributed by atoms with E-state index < -0.39 is 0 Å². The molecule has 4 heteroatoms. The lowest BCUT2D eigenvalue weighted by Crippen LogP contribution is -2.01. The minimum atomic E-state index is 0.000703. The van der Waals surface area contributed by atoms with Gasteiger partial charge in [0.05, 0.1) is 37.6 Å². The molecular formula is C9H10N2O2. The summed E-state index contributed by atoms with van der Waals surface area (Å²) in [5.41, 5.74) is 0.788. The van der Waals surface area contributed by atoms with E-state index in [1.165, 1.54) is 0 Å². The molecule has 68 valence electrons. The molecule has 1 N–H and O–H groups in total. The van der Waals surface area contributed by atoms with Gasteiger partial charge in [-0.1, -0.05) is 0 Å². The van der Waals surface area contributed by atoms with Crippen molar-refractivity contribution in [3.8, 4) is 0 Å². The van der Waals surface area contributed by atoms with E-state index in [4.69, 9.17) is 9.52 Å². The summed E-state index contributed by atoms with van der Waals surface area (Å²) in [4.78, 5) is 3.93. The van der Waals surface area contributed by atoms with Crippen molar-refractivity contribution in [2.24, 2.45) is 0 Å². The molecule has 0 fully saturated rings. The Balaban J connectivity index is 2.18. The Morgan fingerprint density at radius 1 is 1.54 bits per heavy atom. The van der Waals surface area contributed by atoms with Gasteiger partial charge in [0.1, 0.15) is 5.76 Å². The van der Waals surface area contributed by atoms with Crippen molar-refractivity contribution < 1.29 is 9.52 Å². The molecule has 0 amide bonds. The quantitative estimate of drug-likeness (QED) is 0.763. The third-order valence-corrected chi connectivity index (χ3v) is 1.87. The summed E-state index contributed by atoms with van der Waals surface area (Å²) in [6.07, 6.45) is 4.95. The van der Waals surface area contributed by atoms with Gasteiger partial charge in [0, 0.05) is 0 Å². The molecule has 0 spiro atoms. The molecule has 4 nitrogen and oxygen atoms in total. The molecule has 0 aliphatic rings. The van der Waals surface area contributed by atoms with Crippen molar-refractivity contribution in [1.29, 1.82) is 0 Å². The zero-order valence-electron chi connectivity index (χ0n) is 7.05. The van der Waals surface area contributed by atoms with Crippen molar-refractivity contribution in [2.75, 3.05) is 0 Å². The predicted molar refractivity (Wildman–Crippen MR) is 46.0 cm³/mol. The Morgan fingerprint density at radius 3 is 3.15 bits per heavy atom. The van der Waals surface area contributed by atoms with Gasteiger partial charge in [-0.3, -0.25) is 0 Å². The molecule has 0 saturated carbocycles. The van der Waals surface area contributed by atoms with Gasteiger partial charge >= 0.3 is 0 Å². The number of nitrogens with zero attached hydrogens (tertiary/aromatic N) is 2. The van der Waals surface area contributed by atoms with Crippen LogP contribution in [0.1, 0.15) is 11.5 Å². The lowest BCUT2D eigenvalue weighted by Gasteiger charge is -2.02. The van der Waals surface area contributed by atoms with E-state index in [2.05, 4.69) is 4.98 Å². The maximum absolute atomic E-state index is 8.94. The largest absolute Gasteiger partial charge is 0.467 e. The van der Waals surface area contributed by atoms with Crippen LogP contribution in [-0.4, -0.2) is 14.7 Å². The number of aromatic nitrogens is 2. The van der Waals surface area contributed by atoms with Crippen molar-refractivity contribution >= 4 is 0 Å². The van der Waals surface area contributed by atoms with Gasteiger partial charge < -0.3 is 14.1 Å². The summed E-state index contributed by atoms with van der Waals surface area (Å²) in [6, 6.07) is 3.73. The number of furan rings is 1. The van der Waals surface area contributed by atoms with Gasteiger partial charge in [-0.25, -0.2) is 4.98 Å². The first-order valence-corrected chi connectivity index (χ1v) is 4.02. The van der Waals surface area contributed by atoms with Crippen LogP contribution in [0, 0.1) is 0 Å². The molecule has 0 atom stereocenters. The smallest absolute Gasteiger partial charge is 0.123 e. The first-order chi connectivity index (χ1) is 6.40. The van der Waals surface area contributed by atoms with Crippen LogP contribution in [0.4, 0.5) is 0 Å². The average Bonchev–Trinajstić information content (AvgIpc) is 2.76. The summed E-state index contributed by atoms with van der Waals surface area (Å²) >= 11 is 0. The third-order valence-electron chi connectivity index (χ3n) is 1.87. The van der Waals surface area contributed by atoms with E-state index in [1.807, 2.05) is 16.7 Å². The fraction of sp³-hybridized carbons (Fsp3) is 0.222. The molecule has 0 aliphatic heterocycles. The summed E-state index contributed by atoms with van der Waals surface area (Å²) in [7, 11) is 0. The van der Waals surface area contributed by atoms with Crippen molar-refractivity contribution in [2.45, 2.75) is 13.2 Å². The van der Waals surface area contributed by atoms with Gasteiger partial charge in [0.25, 0.3) is 0 Å². The first-order valence-electron chi connectivity index (χ1n) is 4.02. The van der Waals surface area contributed by atoms with E-state index in [9.17, 15) is 0 Å². The SMILES string of the molecule is OCc1cncn1Cc1ccco1. The Kier molecular flexibility index (Phi) is 2.14. The molecule has 0 unspecified atom stereocenters. The monoisotopic (exact) mass is 178 g/mol. The molecule has 2 heterocycles. The Labute approximate surface area is 75.4 Å². The highest BCUT2D eigenvalue weighted by Gasteiger charge is 2.02. The Bertz CT molecular complexity index is 365. The van der Waals surface area contributed by atoms with Gasteiger partial charge in [-0.05, 0) is 12.1 Å². The molecule has 2 rings (SSSR count). The molecule has 13 heavy (non-hydrogen) atoms.